The second kappa shape index (κ2) is 2.13. The standard InChI is InChI=1S/C7H5ClN2O/c8-6-5-4(1-2-9-6)3-10-7(5)11/h1-3,9H,(H,10,11). The van der Waals surface area contributed by atoms with Gasteiger partial charge < -0.3 is 9.97 Å². The minimum atomic E-state index is -0.151. The molecule has 2 rings (SSSR count). The number of H-pyrrole nitrogens is 2. The summed E-state index contributed by atoms with van der Waals surface area (Å²) in [6.45, 7) is 0. The van der Waals surface area contributed by atoms with E-state index in [1.165, 1.54) is 0 Å². The van der Waals surface area contributed by atoms with Gasteiger partial charge in [-0.05, 0) is 6.07 Å². The van der Waals surface area contributed by atoms with Crippen LogP contribution < -0.4 is 5.56 Å². The van der Waals surface area contributed by atoms with E-state index < -0.39 is 0 Å². The highest BCUT2D eigenvalue weighted by Gasteiger charge is 2.10. The second-order valence-electron chi connectivity index (χ2n) is 2.24. The lowest BCUT2D eigenvalue weighted by Gasteiger charge is -1.96. The lowest BCUT2D eigenvalue weighted by Crippen LogP contribution is -2.00. The van der Waals surface area contributed by atoms with Crippen molar-refractivity contribution in [2.75, 3.05) is 0 Å². The van der Waals surface area contributed by atoms with E-state index in [4.69, 9.17) is 11.6 Å². The molecular formula is C7H5ClN2O. The van der Waals surface area contributed by atoms with Gasteiger partial charge in [0.15, 0.2) is 0 Å². The van der Waals surface area contributed by atoms with Crippen LogP contribution in [0, 0.1) is 0 Å². The minimum absolute atomic E-state index is 0.151. The number of rotatable bonds is 0. The molecule has 0 bridgehead atoms. The molecule has 2 aliphatic rings. The third-order valence-electron chi connectivity index (χ3n) is 1.57. The van der Waals surface area contributed by atoms with E-state index in [0.29, 0.717) is 10.7 Å². The van der Waals surface area contributed by atoms with Crippen molar-refractivity contribution >= 4 is 11.6 Å². The van der Waals surface area contributed by atoms with E-state index in [0.717, 1.165) is 5.56 Å². The van der Waals surface area contributed by atoms with Crippen molar-refractivity contribution in [2.45, 2.75) is 0 Å². The second-order valence-corrected chi connectivity index (χ2v) is 2.62. The molecule has 3 nitrogen and oxygen atoms in total. The summed E-state index contributed by atoms with van der Waals surface area (Å²) in [5.74, 6) is 0. The molecule has 0 radical (unpaired) electrons. The summed E-state index contributed by atoms with van der Waals surface area (Å²) >= 11 is 5.73. The molecule has 0 saturated heterocycles. The summed E-state index contributed by atoms with van der Waals surface area (Å²) in [6.07, 6.45) is 3.33. The molecule has 0 fully saturated rings. The van der Waals surface area contributed by atoms with E-state index >= 15 is 0 Å². The van der Waals surface area contributed by atoms with Crippen molar-refractivity contribution in [1.82, 2.24) is 9.97 Å². The van der Waals surface area contributed by atoms with Gasteiger partial charge in [0, 0.05) is 18.0 Å². The average molecular weight is 169 g/mol. The van der Waals surface area contributed by atoms with Crippen LogP contribution >= 0.6 is 11.6 Å². The highest BCUT2D eigenvalue weighted by Crippen LogP contribution is 2.22. The number of pyridine rings is 1. The zero-order valence-corrected chi connectivity index (χ0v) is 6.27. The third kappa shape index (κ3) is 0.851. The first-order chi connectivity index (χ1) is 5.29. The van der Waals surface area contributed by atoms with Crippen LogP contribution in [0.2, 0.25) is 5.15 Å². The van der Waals surface area contributed by atoms with Crippen LogP contribution in [0.4, 0.5) is 0 Å². The van der Waals surface area contributed by atoms with Gasteiger partial charge in [0.1, 0.15) is 5.15 Å². The van der Waals surface area contributed by atoms with Crippen LogP contribution in [0.1, 0.15) is 0 Å². The number of nitrogens with one attached hydrogen (secondary N) is 2. The SMILES string of the molecule is O=c1[nH]cc2cc[nH]c(Cl)c1-2. The highest BCUT2D eigenvalue weighted by molar-refractivity contribution is 6.32. The number of fused-ring (bicyclic) bond motifs is 1. The third-order valence-corrected chi connectivity index (χ3v) is 1.87. The van der Waals surface area contributed by atoms with Crippen LogP contribution in [0.15, 0.2) is 23.3 Å². The largest absolute Gasteiger partial charge is 0.352 e. The normalized spacial score (nSPS) is 10.6. The predicted molar refractivity (Wildman–Crippen MR) is 43.0 cm³/mol. The summed E-state index contributed by atoms with van der Waals surface area (Å²) in [6, 6.07) is 1.79. The van der Waals surface area contributed by atoms with Crippen molar-refractivity contribution in [3.63, 3.8) is 0 Å². The molecule has 56 valence electrons. The number of aromatic nitrogens is 2. The van der Waals surface area contributed by atoms with E-state index in [1.807, 2.05) is 0 Å². The van der Waals surface area contributed by atoms with Gasteiger partial charge >= 0.3 is 0 Å². The summed E-state index contributed by atoms with van der Waals surface area (Å²) in [7, 11) is 0. The fourth-order valence-electron chi connectivity index (χ4n) is 1.05. The molecular weight excluding hydrogens is 164 g/mol. The Balaban J connectivity index is 2.93. The molecule has 2 N–H and O–H groups in total. The van der Waals surface area contributed by atoms with E-state index in [2.05, 4.69) is 9.97 Å². The summed E-state index contributed by atoms with van der Waals surface area (Å²) in [4.78, 5) is 16.3. The molecule has 0 unspecified atom stereocenters. The Labute approximate surface area is 67.4 Å². The lowest BCUT2D eigenvalue weighted by atomic mass is 10.2. The molecule has 0 aliphatic carbocycles. The number of hydrogen-bond acceptors (Lipinski definition) is 1. The minimum Gasteiger partial charge on any atom is -0.352 e. The van der Waals surface area contributed by atoms with Crippen molar-refractivity contribution in [2.24, 2.45) is 0 Å². The maximum atomic E-state index is 11.0. The van der Waals surface area contributed by atoms with Crippen molar-refractivity contribution in [3.05, 3.63) is 34.0 Å². The topological polar surface area (TPSA) is 48.6 Å². The van der Waals surface area contributed by atoms with Crippen molar-refractivity contribution in [3.8, 4) is 11.1 Å². The van der Waals surface area contributed by atoms with Gasteiger partial charge in [0.2, 0.25) is 0 Å². The van der Waals surface area contributed by atoms with Gasteiger partial charge in [-0.3, -0.25) is 4.79 Å². The zero-order chi connectivity index (χ0) is 7.84. The van der Waals surface area contributed by atoms with Crippen LogP contribution in [0.25, 0.3) is 11.1 Å². The maximum Gasteiger partial charge on any atom is 0.258 e. The first-order valence-electron chi connectivity index (χ1n) is 3.13. The van der Waals surface area contributed by atoms with Crippen molar-refractivity contribution in [1.29, 1.82) is 0 Å². The Morgan fingerprint density at radius 3 is 2.91 bits per heavy atom. The van der Waals surface area contributed by atoms with Crippen molar-refractivity contribution < 1.29 is 0 Å². The molecule has 0 spiro atoms. The Morgan fingerprint density at radius 2 is 2.18 bits per heavy atom. The molecule has 0 amide bonds. The molecule has 2 heterocycles. The van der Waals surface area contributed by atoms with Crippen LogP contribution in [0.3, 0.4) is 0 Å². The maximum absolute atomic E-state index is 11.0. The number of aromatic amines is 2. The Bertz CT molecular complexity index is 403. The lowest BCUT2D eigenvalue weighted by molar-refractivity contribution is 1.30. The predicted octanol–water partition coefficient (Wildman–Crippen LogP) is 1.46. The molecule has 0 saturated carbocycles. The van der Waals surface area contributed by atoms with E-state index in [9.17, 15) is 4.79 Å². The molecule has 11 heavy (non-hydrogen) atoms. The van der Waals surface area contributed by atoms with E-state index in [-0.39, 0.29) is 5.56 Å². The van der Waals surface area contributed by atoms with Gasteiger partial charge in [-0.15, -0.1) is 0 Å². The monoisotopic (exact) mass is 168 g/mol. The Hall–Kier alpha value is -1.22. The summed E-state index contributed by atoms with van der Waals surface area (Å²) < 4.78 is 0. The first-order valence-corrected chi connectivity index (χ1v) is 3.51. The Kier molecular flexibility index (Phi) is 1.26. The zero-order valence-electron chi connectivity index (χ0n) is 5.52. The van der Waals surface area contributed by atoms with Gasteiger partial charge in [-0.25, -0.2) is 0 Å². The highest BCUT2D eigenvalue weighted by atomic mass is 35.5. The average Bonchev–Trinajstić information content (AvgIpc) is 2.34. The van der Waals surface area contributed by atoms with Gasteiger partial charge in [-0.2, -0.15) is 0 Å². The Morgan fingerprint density at radius 1 is 1.36 bits per heavy atom. The van der Waals surface area contributed by atoms with Gasteiger partial charge in [0.05, 0.1) is 5.56 Å². The summed E-state index contributed by atoms with van der Waals surface area (Å²) in [5, 5.41) is 0.383. The van der Waals surface area contributed by atoms with Gasteiger partial charge in [-0.1, -0.05) is 11.6 Å². The molecule has 0 aromatic heterocycles. The molecule has 4 heteroatoms. The molecule has 0 aromatic rings. The smallest absolute Gasteiger partial charge is 0.258 e. The quantitative estimate of drug-likeness (QED) is 0.575. The molecule has 2 aliphatic heterocycles. The van der Waals surface area contributed by atoms with E-state index in [1.54, 1.807) is 18.5 Å². The number of hydrogen-bond donors (Lipinski definition) is 2. The fraction of sp³-hybridized carbons (Fsp3) is 0. The summed E-state index contributed by atoms with van der Waals surface area (Å²) in [5.41, 5.74) is 1.20. The first kappa shape index (κ1) is 6.49. The fourth-order valence-corrected chi connectivity index (χ4v) is 1.31. The van der Waals surface area contributed by atoms with Crippen LogP contribution in [-0.4, -0.2) is 9.97 Å². The van der Waals surface area contributed by atoms with Crippen LogP contribution in [0.5, 0.6) is 0 Å². The molecule has 0 aromatic carbocycles. The molecule has 0 atom stereocenters. The van der Waals surface area contributed by atoms with Crippen LogP contribution in [-0.2, 0) is 0 Å². The number of halogens is 1. The van der Waals surface area contributed by atoms with Gasteiger partial charge in [0.25, 0.3) is 5.56 Å².